The molecule has 0 bridgehead atoms. The molecule has 0 aromatic heterocycles. The first-order valence-corrected chi connectivity index (χ1v) is 4.49. The molecule has 1 amide bonds. The zero-order chi connectivity index (χ0) is 10.3. The number of rotatable bonds is 0. The average Bonchev–Trinajstić information content (AvgIpc) is 2.39. The van der Waals surface area contributed by atoms with Crippen LogP contribution < -0.4 is 0 Å². The van der Waals surface area contributed by atoms with E-state index in [1.807, 2.05) is 0 Å². The molecule has 1 aromatic rings. The van der Waals surface area contributed by atoms with Crippen molar-refractivity contribution in [1.82, 2.24) is 4.90 Å². The molecule has 1 aliphatic heterocycles. The van der Waals surface area contributed by atoms with Crippen LogP contribution >= 0.6 is 11.6 Å². The summed E-state index contributed by atoms with van der Waals surface area (Å²) in [6.07, 6.45) is 0. The lowest BCUT2D eigenvalue weighted by atomic mass is 10.1. The number of carbonyl (C=O) groups excluding carboxylic acids is 1. The molecule has 0 fully saturated rings. The summed E-state index contributed by atoms with van der Waals surface area (Å²) in [6.45, 7) is 0. The van der Waals surface area contributed by atoms with E-state index < -0.39 is 6.04 Å². The van der Waals surface area contributed by atoms with Gasteiger partial charge in [0.25, 0.3) is 5.91 Å². The summed E-state index contributed by atoms with van der Waals surface area (Å²) in [4.78, 5) is 13.0. The van der Waals surface area contributed by atoms with Gasteiger partial charge in [-0.3, -0.25) is 4.79 Å². The van der Waals surface area contributed by atoms with Crippen molar-refractivity contribution >= 4 is 17.5 Å². The van der Waals surface area contributed by atoms with Gasteiger partial charge in [-0.25, -0.2) is 0 Å². The SMILES string of the molecule is CN1C(=O)c2ccc(Cl)cc2C1C#N. The molecule has 0 radical (unpaired) electrons. The van der Waals surface area contributed by atoms with Gasteiger partial charge in [0.05, 0.1) is 6.07 Å². The smallest absolute Gasteiger partial charge is 0.255 e. The van der Waals surface area contributed by atoms with Crippen LogP contribution in [0.4, 0.5) is 0 Å². The van der Waals surface area contributed by atoms with Crippen molar-refractivity contribution in [2.24, 2.45) is 0 Å². The maximum atomic E-state index is 11.6. The molecular weight excluding hydrogens is 200 g/mol. The van der Waals surface area contributed by atoms with E-state index in [2.05, 4.69) is 6.07 Å². The van der Waals surface area contributed by atoms with Gasteiger partial charge in [-0.15, -0.1) is 0 Å². The third-order valence-corrected chi connectivity index (χ3v) is 2.60. The first kappa shape index (κ1) is 9.04. The largest absolute Gasteiger partial charge is 0.322 e. The minimum atomic E-state index is -0.504. The molecule has 1 aliphatic rings. The third-order valence-electron chi connectivity index (χ3n) is 2.37. The number of nitrogens with zero attached hydrogens (tertiary/aromatic N) is 2. The zero-order valence-corrected chi connectivity index (χ0v) is 8.25. The van der Waals surface area contributed by atoms with E-state index in [1.165, 1.54) is 4.90 Å². The fourth-order valence-corrected chi connectivity index (χ4v) is 1.81. The molecule has 3 nitrogen and oxygen atoms in total. The monoisotopic (exact) mass is 206 g/mol. The van der Waals surface area contributed by atoms with E-state index in [0.717, 1.165) is 0 Å². The number of nitriles is 1. The summed E-state index contributed by atoms with van der Waals surface area (Å²) in [6, 6.07) is 6.56. The Kier molecular flexibility index (Phi) is 1.94. The number of fused-ring (bicyclic) bond motifs is 1. The van der Waals surface area contributed by atoms with Crippen LogP contribution in [0.1, 0.15) is 22.0 Å². The summed E-state index contributed by atoms with van der Waals surface area (Å²) in [5.74, 6) is -0.122. The average molecular weight is 207 g/mol. The van der Waals surface area contributed by atoms with E-state index in [9.17, 15) is 4.79 Å². The Morgan fingerprint density at radius 3 is 2.93 bits per heavy atom. The highest BCUT2D eigenvalue weighted by atomic mass is 35.5. The van der Waals surface area contributed by atoms with E-state index >= 15 is 0 Å². The lowest BCUT2D eigenvalue weighted by molar-refractivity contribution is 0.0800. The van der Waals surface area contributed by atoms with Crippen LogP contribution in [0.5, 0.6) is 0 Å². The predicted molar refractivity (Wildman–Crippen MR) is 51.9 cm³/mol. The summed E-state index contributed by atoms with van der Waals surface area (Å²) in [5, 5.41) is 9.45. The van der Waals surface area contributed by atoms with Gasteiger partial charge < -0.3 is 4.90 Å². The van der Waals surface area contributed by atoms with Gasteiger partial charge in [0.2, 0.25) is 0 Å². The Balaban J connectivity index is 2.63. The number of hydrogen-bond acceptors (Lipinski definition) is 2. The van der Waals surface area contributed by atoms with Crippen molar-refractivity contribution in [3.8, 4) is 6.07 Å². The summed E-state index contributed by atoms with van der Waals surface area (Å²) in [5.41, 5.74) is 1.27. The number of benzene rings is 1. The minimum absolute atomic E-state index is 0.122. The molecule has 14 heavy (non-hydrogen) atoms. The van der Waals surface area contributed by atoms with Gasteiger partial charge in [-0.05, 0) is 18.2 Å². The zero-order valence-electron chi connectivity index (χ0n) is 7.49. The molecule has 1 unspecified atom stereocenters. The van der Waals surface area contributed by atoms with E-state index in [1.54, 1.807) is 25.2 Å². The molecule has 0 spiro atoms. The van der Waals surface area contributed by atoms with Crippen molar-refractivity contribution in [2.75, 3.05) is 7.05 Å². The third kappa shape index (κ3) is 1.08. The molecule has 0 saturated carbocycles. The van der Waals surface area contributed by atoms with Crippen LogP contribution in [-0.4, -0.2) is 17.9 Å². The van der Waals surface area contributed by atoms with Gasteiger partial charge in [-0.1, -0.05) is 11.6 Å². The molecule has 0 saturated heterocycles. The summed E-state index contributed by atoms with van der Waals surface area (Å²) < 4.78 is 0. The van der Waals surface area contributed by atoms with Crippen LogP contribution in [0.25, 0.3) is 0 Å². The van der Waals surface area contributed by atoms with Crippen molar-refractivity contribution in [3.63, 3.8) is 0 Å². The number of halogens is 1. The van der Waals surface area contributed by atoms with Crippen LogP contribution in [-0.2, 0) is 0 Å². The van der Waals surface area contributed by atoms with Gasteiger partial charge >= 0.3 is 0 Å². The fraction of sp³-hybridized carbons (Fsp3) is 0.200. The number of hydrogen-bond donors (Lipinski definition) is 0. The quantitative estimate of drug-likeness (QED) is 0.652. The van der Waals surface area contributed by atoms with Crippen LogP contribution in [0.2, 0.25) is 5.02 Å². The lowest BCUT2D eigenvalue weighted by Crippen LogP contribution is -2.21. The molecule has 2 rings (SSSR count). The molecular formula is C10H7ClN2O. The molecule has 0 N–H and O–H groups in total. The van der Waals surface area contributed by atoms with Gasteiger partial charge in [0.15, 0.2) is 0 Å². The predicted octanol–water partition coefficient (Wildman–Crippen LogP) is 1.99. The summed E-state index contributed by atoms with van der Waals surface area (Å²) >= 11 is 5.80. The highest BCUT2D eigenvalue weighted by molar-refractivity contribution is 6.30. The normalized spacial score (nSPS) is 19.4. The maximum absolute atomic E-state index is 11.6. The molecule has 1 aromatic carbocycles. The minimum Gasteiger partial charge on any atom is -0.322 e. The molecule has 1 heterocycles. The van der Waals surface area contributed by atoms with Crippen molar-refractivity contribution < 1.29 is 4.79 Å². The van der Waals surface area contributed by atoms with E-state index in [4.69, 9.17) is 16.9 Å². The number of carbonyl (C=O) groups is 1. The van der Waals surface area contributed by atoms with Gasteiger partial charge in [0.1, 0.15) is 6.04 Å². The van der Waals surface area contributed by atoms with Crippen molar-refractivity contribution in [3.05, 3.63) is 34.3 Å². The fourth-order valence-electron chi connectivity index (χ4n) is 1.63. The maximum Gasteiger partial charge on any atom is 0.255 e. The Morgan fingerprint density at radius 1 is 1.57 bits per heavy atom. The topological polar surface area (TPSA) is 44.1 Å². The second-order valence-electron chi connectivity index (χ2n) is 3.18. The highest BCUT2D eigenvalue weighted by Gasteiger charge is 2.33. The molecule has 1 atom stereocenters. The lowest BCUT2D eigenvalue weighted by Gasteiger charge is -2.12. The Morgan fingerprint density at radius 2 is 2.29 bits per heavy atom. The Bertz CT molecular complexity index is 450. The van der Waals surface area contributed by atoms with Crippen molar-refractivity contribution in [1.29, 1.82) is 5.26 Å². The highest BCUT2D eigenvalue weighted by Crippen LogP contribution is 2.33. The van der Waals surface area contributed by atoms with Crippen LogP contribution in [0.3, 0.4) is 0 Å². The molecule has 4 heteroatoms. The second-order valence-corrected chi connectivity index (χ2v) is 3.62. The molecule has 70 valence electrons. The van der Waals surface area contributed by atoms with Crippen LogP contribution in [0.15, 0.2) is 18.2 Å². The molecule has 0 aliphatic carbocycles. The van der Waals surface area contributed by atoms with Crippen molar-refractivity contribution in [2.45, 2.75) is 6.04 Å². The van der Waals surface area contributed by atoms with E-state index in [0.29, 0.717) is 16.1 Å². The summed E-state index contributed by atoms with van der Waals surface area (Å²) in [7, 11) is 1.62. The Hall–Kier alpha value is -1.53. The van der Waals surface area contributed by atoms with Crippen LogP contribution in [0, 0.1) is 11.3 Å². The van der Waals surface area contributed by atoms with E-state index in [-0.39, 0.29) is 5.91 Å². The van der Waals surface area contributed by atoms with Gasteiger partial charge in [-0.2, -0.15) is 5.26 Å². The first-order valence-electron chi connectivity index (χ1n) is 4.11. The standard InChI is InChI=1S/C10H7ClN2O/c1-13-9(5-12)8-4-6(11)2-3-7(8)10(13)14/h2-4,9H,1H3. The number of amides is 1. The van der Waals surface area contributed by atoms with Gasteiger partial charge in [0, 0.05) is 23.2 Å². The Labute approximate surface area is 86.5 Å². The first-order chi connectivity index (χ1) is 6.65. The second kappa shape index (κ2) is 3.00.